The number of fused-ring (bicyclic) bond motifs is 1. The van der Waals surface area contributed by atoms with Crippen LogP contribution in [0.25, 0.3) is 10.9 Å². The maximum atomic E-state index is 12.8. The molecule has 0 radical (unpaired) electrons. The number of nitrogens with one attached hydrogen (secondary N) is 3. The molecule has 2 heterocycles. The van der Waals surface area contributed by atoms with Gasteiger partial charge in [0.15, 0.2) is 0 Å². The lowest BCUT2D eigenvalue weighted by molar-refractivity contribution is -0.165. The van der Waals surface area contributed by atoms with Crippen molar-refractivity contribution in [3.63, 3.8) is 0 Å². The average Bonchev–Trinajstić information content (AvgIpc) is 2.91. The molecule has 0 saturated carbocycles. The zero-order valence-corrected chi connectivity index (χ0v) is 8.02. The summed E-state index contributed by atoms with van der Waals surface area (Å²) in [5.41, 5.74) is 3.27. The van der Waals surface area contributed by atoms with E-state index < -0.39 is 11.8 Å². The first-order valence-corrected chi connectivity index (χ1v) is 4.72. The largest absolute Gasteiger partial charge is 0.426 e. The number of aromatic nitrogens is 1. The van der Waals surface area contributed by atoms with Crippen molar-refractivity contribution < 1.29 is 13.2 Å². The summed E-state index contributed by atoms with van der Waals surface area (Å²) in [5, 5.41) is 0.761. The van der Waals surface area contributed by atoms with E-state index in [4.69, 9.17) is 0 Å². The molecule has 1 fully saturated rings. The van der Waals surface area contributed by atoms with Crippen LogP contribution in [0.5, 0.6) is 0 Å². The van der Waals surface area contributed by atoms with Gasteiger partial charge in [-0.1, -0.05) is 6.07 Å². The fourth-order valence-corrected chi connectivity index (χ4v) is 1.80. The molecule has 1 aliphatic heterocycles. The summed E-state index contributed by atoms with van der Waals surface area (Å²) in [7, 11) is 0. The van der Waals surface area contributed by atoms with E-state index in [2.05, 4.69) is 15.8 Å². The monoisotopic (exact) mass is 227 g/mol. The van der Waals surface area contributed by atoms with Gasteiger partial charge in [0.2, 0.25) is 5.66 Å². The highest BCUT2D eigenvalue weighted by Gasteiger charge is 2.65. The molecule has 3 nitrogen and oxygen atoms in total. The molecule has 16 heavy (non-hydrogen) atoms. The molecule has 0 spiro atoms. The zero-order chi connectivity index (χ0) is 11.4. The standard InChI is InChI=1S/C10H8F3N3/c11-10(12,13)9(15-16-9)7-1-2-8-6(5-7)3-4-14-8/h1-5,14-16H. The van der Waals surface area contributed by atoms with Gasteiger partial charge < -0.3 is 4.98 Å². The van der Waals surface area contributed by atoms with Crippen LogP contribution in [0.15, 0.2) is 30.5 Å². The lowest BCUT2D eigenvalue weighted by Gasteiger charge is -2.16. The second kappa shape index (κ2) is 2.78. The van der Waals surface area contributed by atoms with E-state index in [0.717, 1.165) is 10.9 Å². The Kier molecular flexibility index (Phi) is 1.68. The third-order valence-corrected chi connectivity index (χ3v) is 2.79. The molecule has 0 bridgehead atoms. The van der Waals surface area contributed by atoms with Crippen LogP contribution < -0.4 is 10.9 Å². The minimum atomic E-state index is -4.35. The average molecular weight is 227 g/mol. The van der Waals surface area contributed by atoms with E-state index in [-0.39, 0.29) is 5.56 Å². The number of aromatic amines is 1. The second-order valence-electron chi connectivity index (χ2n) is 3.78. The van der Waals surface area contributed by atoms with Crippen LogP contribution in [0.4, 0.5) is 13.2 Å². The molecule has 6 heteroatoms. The normalized spacial score (nSPS) is 18.9. The molecule has 1 saturated heterocycles. The molecule has 0 aliphatic carbocycles. The van der Waals surface area contributed by atoms with Gasteiger partial charge in [-0.2, -0.15) is 13.2 Å². The second-order valence-corrected chi connectivity index (χ2v) is 3.78. The predicted molar refractivity (Wildman–Crippen MR) is 52.3 cm³/mol. The Morgan fingerprint density at radius 3 is 2.44 bits per heavy atom. The van der Waals surface area contributed by atoms with Crippen LogP contribution in [0.2, 0.25) is 0 Å². The zero-order valence-electron chi connectivity index (χ0n) is 8.02. The summed E-state index contributed by atoms with van der Waals surface area (Å²) in [6.07, 6.45) is -2.65. The number of hydrogen-bond acceptors (Lipinski definition) is 2. The number of H-pyrrole nitrogens is 1. The number of alkyl halides is 3. The van der Waals surface area contributed by atoms with E-state index in [1.165, 1.54) is 12.1 Å². The predicted octanol–water partition coefficient (Wildman–Crippen LogP) is 1.99. The van der Waals surface area contributed by atoms with Crippen molar-refractivity contribution in [3.8, 4) is 0 Å². The fraction of sp³-hybridized carbons (Fsp3) is 0.200. The van der Waals surface area contributed by atoms with Crippen LogP contribution in [0.1, 0.15) is 5.56 Å². The minimum Gasteiger partial charge on any atom is -0.361 e. The molecule has 1 aromatic carbocycles. The van der Waals surface area contributed by atoms with Crippen molar-refractivity contribution in [2.24, 2.45) is 0 Å². The van der Waals surface area contributed by atoms with Gasteiger partial charge in [-0.3, -0.25) is 0 Å². The van der Waals surface area contributed by atoms with Crippen molar-refractivity contribution in [1.82, 2.24) is 15.8 Å². The third kappa shape index (κ3) is 1.17. The first kappa shape index (κ1) is 9.68. The van der Waals surface area contributed by atoms with Crippen LogP contribution >= 0.6 is 0 Å². The molecule has 84 valence electrons. The molecule has 0 atom stereocenters. The van der Waals surface area contributed by atoms with E-state index in [0.29, 0.717) is 0 Å². The molecular formula is C10H8F3N3. The topological polar surface area (TPSA) is 59.7 Å². The Balaban J connectivity index is 2.12. The van der Waals surface area contributed by atoms with Crippen LogP contribution in [0, 0.1) is 0 Å². The molecule has 0 unspecified atom stereocenters. The first-order chi connectivity index (χ1) is 7.53. The first-order valence-electron chi connectivity index (χ1n) is 4.72. The number of halogens is 3. The van der Waals surface area contributed by atoms with E-state index >= 15 is 0 Å². The van der Waals surface area contributed by atoms with Gasteiger partial charge in [-0.25, -0.2) is 10.9 Å². The van der Waals surface area contributed by atoms with Crippen LogP contribution in [-0.4, -0.2) is 11.2 Å². The van der Waals surface area contributed by atoms with Crippen molar-refractivity contribution in [1.29, 1.82) is 0 Å². The number of hydrogen-bond donors (Lipinski definition) is 3. The Hall–Kier alpha value is -1.53. The van der Waals surface area contributed by atoms with Crippen molar-refractivity contribution in [2.45, 2.75) is 11.8 Å². The van der Waals surface area contributed by atoms with Crippen molar-refractivity contribution in [2.75, 3.05) is 0 Å². The summed E-state index contributed by atoms with van der Waals surface area (Å²) in [4.78, 5) is 2.94. The smallest absolute Gasteiger partial charge is 0.361 e. The van der Waals surface area contributed by atoms with Gasteiger partial charge >= 0.3 is 6.18 Å². The summed E-state index contributed by atoms with van der Waals surface area (Å²) < 4.78 is 38.3. The molecule has 1 aliphatic rings. The van der Waals surface area contributed by atoms with Gasteiger partial charge in [-0.15, -0.1) is 0 Å². The summed E-state index contributed by atoms with van der Waals surface area (Å²) >= 11 is 0. The Labute approximate surface area is 88.6 Å². The van der Waals surface area contributed by atoms with Crippen molar-refractivity contribution >= 4 is 10.9 Å². The molecule has 1 aromatic heterocycles. The van der Waals surface area contributed by atoms with Gasteiger partial charge in [0.1, 0.15) is 0 Å². The van der Waals surface area contributed by atoms with Crippen LogP contribution in [0.3, 0.4) is 0 Å². The van der Waals surface area contributed by atoms with Crippen molar-refractivity contribution in [3.05, 3.63) is 36.0 Å². The maximum Gasteiger partial charge on any atom is 0.426 e. The molecule has 0 amide bonds. The Bertz CT molecular complexity index is 539. The maximum absolute atomic E-state index is 12.8. The fourth-order valence-electron chi connectivity index (χ4n) is 1.80. The molecule has 3 N–H and O–H groups in total. The lowest BCUT2D eigenvalue weighted by Crippen LogP contribution is -2.34. The summed E-state index contributed by atoms with van der Waals surface area (Å²) in [6, 6.07) is 6.36. The van der Waals surface area contributed by atoms with Crippen LogP contribution in [-0.2, 0) is 5.66 Å². The van der Waals surface area contributed by atoms with Gasteiger partial charge in [0, 0.05) is 11.7 Å². The Morgan fingerprint density at radius 1 is 1.06 bits per heavy atom. The highest BCUT2D eigenvalue weighted by atomic mass is 19.4. The van der Waals surface area contributed by atoms with Gasteiger partial charge in [0.05, 0.1) is 0 Å². The van der Waals surface area contributed by atoms with Gasteiger partial charge in [0.25, 0.3) is 0 Å². The SMILES string of the molecule is FC(F)(F)C1(c2ccc3[nH]ccc3c2)NN1. The van der Waals surface area contributed by atoms with E-state index in [1.54, 1.807) is 18.3 Å². The highest BCUT2D eigenvalue weighted by Crippen LogP contribution is 2.42. The molecule has 2 aromatic rings. The highest BCUT2D eigenvalue weighted by molar-refractivity contribution is 5.80. The third-order valence-electron chi connectivity index (χ3n) is 2.79. The minimum absolute atomic E-state index is 0.173. The molecule has 3 rings (SSSR count). The van der Waals surface area contributed by atoms with E-state index in [1.807, 2.05) is 0 Å². The quantitative estimate of drug-likeness (QED) is 0.652. The lowest BCUT2D eigenvalue weighted by atomic mass is 10.0. The van der Waals surface area contributed by atoms with Gasteiger partial charge in [-0.05, 0) is 29.1 Å². The number of benzene rings is 1. The van der Waals surface area contributed by atoms with E-state index in [9.17, 15) is 13.2 Å². The Morgan fingerprint density at radius 2 is 1.81 bits per heavy atom. The summed E-state index contributed by atoms with van der Waals surface area (Å²) in [6.45, 7) is 0. The summed E-state index contributed by atoms with van der Waals surface area (Å²) in [5.74, 6) is 0. The molecular weight excluding hydrogens is 219 g/mol. The number of rotatable bonds is 1. The number of hydrazine groups is 1.